The van der Waals surface area contributed by atoms with Crippen LogP contribution in [0.15, 0.2) is 51.0 Å². The highest BCUT2D eigenvalue weighted by Crippen LogP contribution is 2.16. The smallest absolute Gasteiger partial charge is 0.321 e. The van der Waals surface area contributed by atoms with Gasteiger partial charge in [-0.15, -0.1) is 0 Å². The summed E-state index contributed by atoms with van der Waals surface area (Å²) in [5, 5.41) is 2.90. The van der Waals surface area contributed by atoms with Gasteiger partial charge >= 0.3 is 5.69 Å². The summed E-state index contributed by atoms with van der Waals surface area (Å²) in [7, 11) is 1.79. The molecule has 0 saturated heterocycles. The number of carbonyl (C=O) groups is 1. The lowest BCUT2D eigenvalue weighted by Gasteiger charge is -2.10. The van der Waals surface area contributed by atoms with Gasteiger partial charge in [-0.25, -0.2) is 9.78 Å². The molecule has 9 heteroatoms. The van der Waals surface area contributed by atoms with Crippen molar-refractivity contribution in [3.8, 4) is 0 Å². The Kier molecular flexibility index (Phi) is 5.28. The Morgan fingerprint density at radius 1 is 1.11 bits per heavy atom. The minimum atomic E-state index is -1.13. The van der Waals surface area contributed by atoms with Gasteiger partial charge in [-0.3, -0.25) is 22.9 Å². The normalized spacial score (nSPS) is 12.3. The predicted octanol–water partition coefficient (Wildman–Crippen LogP) is 1.40. The monoisotopic (exact) mass is 400 g/mol. The van der Waals surface area contributed by atoms with Crippen molar-refractivity contribution in [1.29, 1.82) is 0 Å². The van der Waals surface area contributed by atoms with Gasteiger partial charge in [0.15, 0.2) is 0 Å². The minimum Gasteiger partial charge on any atom is -0.321 e. The van der Waals surface area contributed by atoms with Gasteiger partial charge in [0.2, 0.25) is 0 Å². The number of hydrogen-bond acceptors (Lipinski definition) is 5. The molecular weight excluding hydrogens is 380 g/mol. The van der Waals surface area contributed by atoms with Crippen molar-refractivity contribution >= 4 is 33.4 Å². The van der Waals surface area contributed by atoms with Gasteiger partial charge in [0.25, 0.3) is 11.5 Å². The number of hydrogen-bond donors (Lipinski definition) is 1. The maximum Gasteiger partial charge on any atom is 0.332 e. The number of fused-ring (bicyclic) bond motifs is 1. The van der Waals surface area contributed by atoms with E-state index in [0.717, 1.165) is 4.57 Å². The first-order valence-electron chi connectivity index (χ1n) is 8.58. The lowest BCUT2D eigenvalue weighted by Crippen LogP contribution is -2.37. The predicted molar refractivity (Wildman–Crippen MR) is 108 cm³/mol. The van der Waals surface area contributed by atoms with E-state index in [4.69, 9.17) is 0 Å². The number of aryl methyl sites for hydroxylation is 1. The van der Waals surface area contributed by atoms with Crippen LogP contribution >= 0.6 is 0 Å². The van der Waals surface area contributed by atoms with Crippen LogP contribution in [0.5, 0.6) is 0 Å². The zero-order chi connectivity index (χ0) is 20.6. The molecule has 1 aromatic carbocycles. The second kappa shape index (κ2) is 7.51. The third kappa shape index (κ3) is 3.53. The first-order chi connectivity index (χ1) is 13.2. The zero-order valence-electron chi connectivity index (χ0n) is 15.9. The summed E-state index contributed by atoms with van der Waals surface area (Å²) in [6.45, 7) is 3.73. The molecule has 2 heterocycles. The largest absolute Gasteiger partial charge is 0.332 e. The number of nitrogens with zero attached hydrogens (tertiary/aromatic N) is 3. The number of carbonyl (C=O) groups excluding carboxylic acids is 1. The number of anilines is 1. The van der Waals surface area contributed by atoms with E-state index in [9.17, 15) is 18.6 Å². The van der Waals surface area contributed by atoms with E-state index in [1.54, 1.807) is 24.3 Å². The third-order valence-electron chi connectivity index (χ3n) is 4.33. The highest BCUT2D eigenvalue weighted by molar-refractivity contribution is 7.85. The van der Waals surface area contributed by atoms with Crippen molar-refractivity contribution in [2.45, 2.75) is 24.0 Å². The highest BCUT2D eigenvalue weighted by atomic mass is 32.2. The Balaban J connectivity index is 1.90. The van der Waals surface area contributed by atoms with Crippen LogP contribution in [0.2, 0.25) is 0 Å². The molecule has 0 fully saturated rings. The molecule has 3 rings (SSSR count). The van der Waals surface area contributed by atoms with Crippen LogP contribution in [0.4, 0.5) is 5.69 Å². The minimum absolute atomic E-state index is 0.0121. The Morgan fingerprint density at radius 2 is 1.75 bits per heavy atom. The Hall–Kier alpha value is -3.07. The second-order valence-corrected chi connectivity index (χ2v) is 8.63. The molecular formula is C19H20N4O4S. The van der Waals surface area contributed by atoms with E-state index in [0.29, 0.717) is 16.1 Å². The van der Waals surface area contributed by atoms with Gasteiger partial charge in [-0.1, -0.05) is 13.8 Å². The Morgan fingerprint density at radius 3 is 2.36 bits per heavy atom. The summed E-state index contributed by atoms with van der Waals surface area (Å²) in [6, 6.07) is 8.01. The van der Waals surface area contributed by atoms with Crippen LogP contribution in [-0.4, -0.2) is 29.5 Å². The second-order valence-electron chi connectivity index (χ2n) is 6.63. The van der Waals surface area contributed by atoms with Crippen molar-refractivity contribution in [2.24, 2.45) is 14.1 Å². The quantitative estimate of drug-likeness (QED) is 0.713. The average molecular weight is 400 g/mol. The first-order valence-corrected chi connectivity index (χ1v) is 9.79. The number of pyridine rings is 1. The van der Waals surface area contributed by atoms with Crippen molar-refractivity contribution in [2.75, 3.05) is 5.32 Å². The molecule has 1 N–H and O–H groups in total. The fourth-order valence-corrected chi connectivity index (χ4v) is 3.70. The fraction of sp³-hybridized carbons (Fsp3) is 0.263. The molecule has 0 aliphatic carbocycles. The molecule has 2 aromatic heterocycles. The van der Waals surface area contributed by atoms with E-state index in [1.807, 2.05) is 13.8 Å². The maximum atomic E-state index is 12.5. The summed E-state index contributed by atoms with van der Waals surface area (Å²) in [6.07, 6.45) is 1.39. The molecule has 0 spiro atoms. The Labute approximate surface area is 163 Å². The number of rotatable bonds is 4. The van der Waals surface area contributed by atoms with Gasteiger partial charge in [0.1, 0.15) is 5.65 Å². The molecule has 28 heavy (non-hydrogen) atoms. The SMILES string of the molecule is CC(C)[S@](=O)c1ccc(C(=O)Nc2cnc3c(c2)c(=O)n(C)c(=O)n3C)cc1. The lowest BCUT2D eigenvalue weighted by atomic mass is 10.2. The molecule has 146 valence electrons. The molecule has 0 saturated carbocycles. The molecule has 0 radical (unpaired) electrons. The molecule has 1 atom stereocenters. The number of benzene rings is 1. The van der Waals surface area contributed by atoms with E-state index >= 15 is 0 Å². The first kappa shape index (κ1) is 19.7. The summed E-state index contributed by atoms with van der Waals surface area (Å²) < 4.78 is 14.4. The van der Waals surface area contributed by atoms with Crippen molar-refractivity contribution in [1.82, 2.24) is 14.1 Å². The van der Waals surface area contributed by atoms with Gasteiger partial charge in [-0.2, -0.15) is 0 Å². The highest BCUT2D eigenvalue weighted by Gasteiger charge is 2.13. The van der Waals surface area contributed by atoms with Gasteiger partial charge < -0.3 is 5.32 Å². The summed E-state index contributed by atoms with van der Waals surface area (Å²) in [5.41, 5.74) is 0.00976. The van der Waals surface area contributed by atoms with E-state index in [2.05, 4.69) is 10.3 Å². The van der Waals surface area contributed by atoms with Gasteiger partial charge in [0, 0.05) is 29.8 Å². The van der Waals surface area contributed by atoms with Crippen LogP contribution < -0.4 is 16.6 Å². The van der Waals surface area contributed by atoms with Crippen molar-refractivity contribution in [3.05, 3.63) is 62.9 Å². The van der Waals surface area contributed by atoms with E-state index in [-0.39, 0.29) is 22.2 Å². The Bertz CT molecular complexity index is 1210. The summed E-state index contributed by atoms with van der Waals surface area (Å²) in [4.78, 5) is 41.6. The van der Waals surface area contributed by atoms with E-state index < -0.39 is 22.0 Å². The molecule has 0 bridgehead atoms. The standard InChI is InChI=1S/C19H20N4O4S/c1-11(2)28(27)14-7-5-12(6-8-14)17(24)21-13-9-15-16(20-10-13)22(3)19(26)23(4)18(15)25/h5-11H,1-4H3,(H,21,24)/t28-/m0/s1. The number of nitrogens with one attached hydrogen (secondary N) is 1. The maximum absolute atomic E-state index is 12.5. The van der Waals surface area contributed by atoms with Crippen LogP contribution in [0, 0.1) is 0 Å². The van der Waals surface area contributed by atoms with Crippen molar-refractivity contribution in [3.63, 3.8) is 0 Å². The molecule has 0 aliphatic rings. The van der Waals surface area contributed by atoms with Crippen LogP contribution in [0.3, 0.4) is 0 Å². The zero-order valence-corrected chi connectivity index (χ0v) is 16.7. The van der Waals surface area contributed by atoms with Gasteiger partial charge in [-0.05, 0) is 30.3 Å². The molecule has 0 unspecified atom stereocenters. The topological polar surface area (TPSA) is 103 Å². The van der Waals surface area contributed by atoms with Gasteiger partial charge in [0.05, 0.1) is 28.1 Å². The molecule has 3 aromatic rings. The van der Waals surface area contributed by atoms with Crippen molar-refractivity contribution < 1.29 is 9.00 Å². The van der Waals surface area contributed by atoms with Crippen LogP contribution in [-0.2, 0) is 24.9 Å². The molecule has 0 aliphatic heterocycles. The number of amides is 1. The lowest BCUT2D eigenvalue weighted by molar-refractivity contribution is 0.102. The molecule has 8 nitrogen and oxygen atoms in total. The third-order valence-corrected chi connectivity index (χ3v) is 5.92. The van der Waals surface area contributed by atoms with E-state index in [1.165, 1.54) is 30.9 Å². The fourth-order valence-electron chi connectivity index (χ4n) is 2.75. The molecule has 1 amide bonds. The van der Waals surface area contributed by atoms with Crippen LogP contribution in [0.25, 0.3) is 11.0 Å². The summed E-state index contributed by atoms with van der Waals surface area (Å²) in [5.74, 6) is -0.385. The summed E-state index contributed by atoms with van der Waals surface area (Å²) >= 11 is 0. The number of aromatic nitrogens is 3. The van der Waals surface area contributed by atoms with Crippen LogP contribution in [0.1, 0.15) is 24.2 Å². The average Bonchev–Trinajstić information content (AvgIpc) is 2.70.